The third-order valence-electron chi connectivity index (χ3n) is 5.50. The van der Waals surface area contributed by atoms with E-state index in [-0.39, 0.29) is 28.4 Å². The van der Waals surface area contributed by atoms with Crippen molar-refractivity contribution in [2.45, 2.75) is 52.2 Å². The zero-order valence-electron chi connectivity index (χ0n) is 12.2. The normalized spacial score (nSPS) is 42.4. The first-order chi connectivity index (χ1) is 8.25. The lowest BCUT2D eigenvalue weighted by Crippen LogP contribution is -2.69. The van der Waals surface area contributed by atoms with E-state index in [1.165, 1.54) is 0 Å². The van der Waals surface area contributed by atoms with Gasteiger partial charge in [0.25, 0.3) is 0 Å². The van der Waals surface area contributed by atoms with Crippen molar-refractivity contribution in [2.24, 2.45) is 10.8 Å². The monoisotopic (exact) mass is 254 g/mol. The summed E-state index contributed by atoms with van der Waals surface area (Å²) in [5.41, 5.74) is -0.380. The fourth-order valence-electron chi connectivity index (χ4n) is 3.07. The molecule has 2 rings (SSSR count). The van der Waals surface area contributed by atoms with Crippen LogP contribution in [-0.2, 0) is 9.53 Å². The van der Waals surface area contributed by atoms with Gasteiger partial charge in [-0.25, -0.2) is 0 Å². The SMILES string of the molecule is CO[C@]1(C)C[C@H](NC(=O)[C@]2(C)CCNC2)C1(C)C. The molecular weight excluding hydrogens is 228 g/mol. The Bertz CT molecular complexity index is 348. The summed E-state index contributed by atoms with van der Waals surface area (Å²) in [6, 6.07) is 0.215. The van der Waals surface area contributed by atoms with Crippen molar-refractivity contribution < 1.29 is 9.53 Å². The van der Waals surface area contributed by atoms with Crippen molar-refractivity contribution >= 4 is 5.91 Å². The first-order valence-electron chi connectivity index (χ1n) is 6.82. The average molecular weight is 254 g/mol. The Balaban J connectivity index is 1.98. The number of hydrogen-bond donors (Lipinski definition) is 2. The van der Waals surface area contributed by atoms with Gasteiger partial charge in [0.1, 0.15) is 0 Å². The minimum atomic E-state index is -0.241. The van der Waals surface area contributed by atoms with Gasteiger partial charge in [0, 0.05) is 25.1 Å². The topological polar surface area (TPSA) is 50.4 Å². The largest absolute Gasteiger partial charge is 0.378 e. The van der Waals surface area contributed by atoms with Gasteiger partial charge in [0.15, 0.2) is 0 Å². The van der Waals surface area contributed by atoms with Crippen LogP contribution in [-0.4, -0.2) is 37.7 Å². The van der Waals surface area contributed by atoms with Gasteiger partial charge < -0.3 is 15.4 Å². The highest BCUT2D eigenvalue weighted by molar-refractivity contribution is 5.83. The molecular formula is C14H26N2O2. The molecule has 1 saturated heterocycles. The van der Waals surface area contributed by atoms with E-state index in [0.29, 0.717) is 0 Å². The summed E-state index contributed by atoms with van der Waals surface area (Å²) in [6.07, 6.45) is 1.82. The molecule has 1 aliphatic carbocycles. The Morgan fingerprint density at radius 3 is 2.44 bits per heavy atom. The molecule has 2 N–H and O–H groups in total. The van der Waals surface area contributed by atoms with Gasteiger partial charge in [-0.3, -0.25) is 4.79 Å². The molecule has 4 nitrogen and oxygen atoms in total. The lowest BCUT2D eigenvalue weighted by Gasteiger charge is -2.59. The van der Waals surface area contributed by atoms with Crippen LogP contribution in [0.15, 0.2) is 0 Å². The smallest absolute Gasteiger partial charge is 0.227 e. The third kappa shape index (κ3) is 1.86. The van der Waals surface area contributed by atoms with Crippen molar-refractivity contribution in [1.29, 1.82) is 0 Å². The summed E-state index contributed by atoms with van der Waals surface area (Å²) in [4.78, 5) is 12.4. The fraction of sp³-hybridized carbons (Fsp3) is 0.929. The molecule has 0 radical (unpaired) electrons. The molecule has 1 amide bonds. The Hall–Kier alpha value is -0.610. The molecule has 2 aliphatic rings. The van der Waals surface area contributed by atoms with E-state index < -0.39 is 0 Å². The van der Waals surface area contributed by atoms with Crippen molar-refractivity contribution in [2.75, 3.05) is 20.2 Å². The highest BCUT2D eigenvalue weighted by Gasteiger charge is 2.58. The molecule has 0 aromatic rings. The van der Waals surface area contributed by atoms with Crippen LogP contribution >= 0.6 is 0 Å². The maximum atomic E-state index is 12.4. The highest BCUT2D eigenvalue weighted by Crippen LogP contribution is 2.51. The lowest BCUT2D eigenvalue weighted by atomic mass is 9.55. The number of hydrogen-bond acceptors (Lipinski definition) is 3. The summed E-state index contributed by atoms with van der Waals surface area (Å²) in [7, 11) is 1.75. The maximum absolute atomic E-state index is 12.4. The van der Waals surface area contributed by atoms with E-state index in [4.69, 9.17) is 4.74 Å². The highest BCUT2D eigenvalue weighted by atomic mass is 16.5. The van der Waals surface area contributed by atoms with Gasteiger partial charge in [-0.05, 0) is 33.2 Å². The van der Waals surface area contributed by atoms with Gasteiger partial charge >= 0.3 is 0 Å². The first kappa shape index (κ1) is 13.8. The molecule has 4 heteroatoms. The molecule has 0 bridgehead atoms. The second kappa shape index (κ2) is 4.20. The van der Waals surface area contributed by atoms with Crippen LogP contribution in [0, 0.1) is 10.8 Å². The van der Waals surface area contributed by atoms with Gasteiger partial charge in [-0.1, -0.05) is 13.8 Å². The standard InChI is InChI=1S/C14H26N2O2/c1-12(2)10(8-14(12,4)18-5)16-11(17)13(3)6-7-15-9-13/h10,15H,6-9H2,1-5H3,(H,16,17)/t10-,13+,14+/m0/s1. The summed E-state index contributed by atoms with van der Waals surface area (Å²) in [5, 5.41) is 6.49. The molecule has 0 spiro atoms. The van der Waals surface area contributed by atoms with Crippen molar-refractivity contribution in [3.63, 3.8) is 0 Å². The molecule has 0 unspecified atom stereocenters. The lowest BCUT2D eigenvalue weighted by molar-refractivity contribution is -0.184. The molecule has 3 atom stereocenters. The minimum absolute atomic E-state index is 0.0141. The summed E-state index contributed by atoms with van der Waals surface area (Å²) >= 11 is 0. The molecule has 2 fully saturated rings. The van der Waals surface area contributed by atoms with Crippen LogP contribution in [0.3, 0.4) is 0 Å². The molecule has 104 valence electrons. The number of amides is 1. The molecule has 0 aromatic carbocycles. The summed E-state index contributed by atoms with van der Waals surface area (Å²) < 4.78 is 5.59. The predicted molar refractivity (Wildman–Crippen MR) is 71.3 cm³/mol. The molecule has 1 saturated carbocycles. The van der Waals surface area contributed by atoms with Gasteiger partial charge in [0.05, 0.1) is 11.0 Å². The van der Waals surface area contributed by atoms with Crippen molar-refractivity contribution in [1.82, 2.24) is 10.6 Å². The Labute approximate surface area is 110 Å². The van der Waals surface area contributed by atoms with Gasteiger partial charge in [-0.2, -0.15) is 0 Å². The van der Waals surface area contributed by atoms with E-state index in [2.05, 4.69) is 31.4 Å². The summed E-state index contributed by atoms with van der Waals surface area (Å²) in [6.45, 7) is 10.2. The van der Waals surface area contributed by atoms with Crippen molar-refractivity contribution in [3.8, 4) is 0 Å². The zero-order valence-corrected chi connectivity index (χ0v) is 12.2. The molecule has 1 aliphatic heterocycles. The molecule has 0 aromatic heterocycles. The number of methoxy groups -OCH3 is 1. The summed E-state index contributed by atoms with van der Waals surface area (Å²) in [5.74, 6) is 0.184. The molecule has 18 heavy (non-hydrogen) atoms. The van der Waals surface area contributed by atoms with Crippen LogP contribution < -0.4 is 10.6 Å². The number of carbonyl (C=O) groups is 1. The second-order valence-corrected chi connectivity index (χ2v) is 6.87. The zero-order chi connectivity index (χ0) is 13.6. The maximum Gasteiger partial charge on any atom is 0.227 e. The quantitative estimate of drug-likeness (QED) is 0.798. The van der Waals surface area contributed by atoms with Crippen LogP contribution in [0.1, 0.15) is 40.5 Å². The minimum Gasteiger partial charge on any atom is -0.378 e. The van der Waals surface area contributed by atoms with Crippen LogP contribution in [0.2, 0.25) is 0 Å². The van der Waals surface area contributed by atoms with Crippen LogP contribution in [0.25, 0.3) is 0 Å². The number of rotatable bonds is 3. The number of nitrogens with one attached hydrogen (secondary N) is 2. The van der Waals surface area contributed by atoms with Crippen LogP contribution in [0.4, 0.5) is 0 Å². The first-order valence-corrected chi connectivity index (χ1v) is 6.82. The number of carbonyl (C=O) groups excluding carboxylic acids is 1. The third-order valence-corrected chi connectivity index (χ3v) is 5.50. The van der Waals surface area contributed by atoms with Gasteiger partial charge in [-0.15, -0.1) is 0 Å². The van der Waals surface area contributed by atoms with E-state index >= 15 is 0 Å². The van der Waals surface area contributed by atoms with E-state index in [1.807, 2.05) is 6.92 Å². The fourth-order valence-corrected chi connectivity index (χ4v) is 3.07. The van der Waals surface area contributed by atoms with E-state index in [0.717, 1.165) is 25.9 Å². The predicted octanol–water partition coefficient (Wildman–Crippen LogP) is 1.31. The Morgan fingerprint density at radius 2 is 2.00 bits per heavy atom. The van der Waals surface area contributed by atoms with Crippen molar-refractivity contribution in [3.05, 3.63) is 0 Å². The average Bonchev–Trinajstić information content (AvgIpc) is 2.76. The van der Waals surface area contributed by atoms with Crippen LogP contribution in [0.5, 0.6) is 0 Å². The van der Waals surface area contributed by atoms with E-state index in [9.17, 15) is 4.79 Å². The molecule has 1 heterocycles. The number of ether oxygens (including phenoxy) is 1. The van der Waals surface area contributed by atoms with Gasteiger partial charge in [0.2, 0.25) is 5.91 Å². The Morgan fingerprint density at radius 1 is 1.33 bits per heavy atom. The Kier molecular flexibility index (Phi) is 3.23. The van der Waals surface area contributed by atoms with E-state index in [1.54, 1.807) is 7.11 Å². The second-order valence-electron chi connectivity index (χ2n) is 6.87.